The summed E-state index contributed by atoms with van der Waals surface area (Å²) in [4.78, 5) is 12.7. The highest BCUT2D eigenvalue weighted by atomic mass is 19.4. The van der Waals surface area contributed by atoms with Gasteiger partial charge in [-0.2, -0.15) is 0 Å². The summed E-state index contributed by atoms with van der Waals surface area (Å²) in [5.41, 5.74) is 3.96. The van der Waals surface area contributed by atoms with Gasteiger partial charge in [-0.1, -0.05) is 43.3 Å². The summed E-state index contributed by atoms with van der Waals surface area (Å²) in [7, 11) is 0. The summed E-state index contributed by atoms with van der Waals surface area (Å²) in [5, 5.41) is 9.00. The Labute approximate surface area is 183 Å². The second-order valence-corrected chi connectivity index (χ2v) is 7.53. The first-order chi connectivity index (χ1) is 15.3. The monoisotopic (exact) mass is 441 g/mol. The van der Waals surface area contributed by atoms with Crippen molar-refractivity contribution in [1.82, 2.24) is 0 Å². The lowest BCUT2D eigenvalue weighted by molar-refractivity contribution is -0.274. The number of carbonyl (C=O) groups is 1. The van der Waals surface area contributed by atoms with Gasteiger partial charge in [-0.3, -0.25) is 0 Å². The van der Waals surface area contributed by atoms with Crippen molar-refractivity contribution in [2.75, 3.05) is 22.5 Å². The van der Waals surface area contributed by atoms with E-state index in [1.807, 2.05) is 42.5 Å². The summed E-state index contributed by atoms with van der Waals surface area (Å²) >= 11 is 0. The van der Waals surface area contributed by atoms with E-state index in [1.54, 1.807) is 0 Å². The molecule has 0 spiro atoms. The molecule has 1 unspecified atom stereocenters. The van der Waals surface area contributed by atoms with Gasteiger partial charge in [0, 0.05) is 29.0 Å². The molecule has 1 heterocycles. The lowest BCUT2D eigenvalue weighted by atomic mass is 9.73. The van der Waals surface area contributed by atoms with E-state index < -0.39 is 12.4 Å². The van der Waals surface area contributed by atoms with E-state index in [4.69, 9.17) is 0 Å². The first-order valence-electron chi connectivity index (χ1n) is 10.2. The van der Waals surface area contributed by atoms with Gasteiger partial charge in [-0.05, 0) is 53.9 Å². The Hall–Kier alpha value is -3.68. The van der Waals surface area contributed by atoms with Crippen LogP contribution in [0, 0.1) is 0 Å². The van der Waals surface area contributed by atoms with Crippen LogP contribution in [-0.2, 0) is 5.41 Å². The van der Waals surface area contributed by atoms with Crippen LogP contribution >= 0.6 is 0 Å². The second-order valence-electron chi connectivity index (χ2n) is 7.53. The van der Waals surface area contributed by atoms with Gasteiger partial charge >= 0.3 is 12.4 Å². The molecule has 0 aromatic heterocycles. The van der Waals surface area contributed by atoms with E-state index in [0.29, 0.717) is 17.9 Å². The van der Waals surface area contributed by atoms with Crippen molar-refractivity contribution in [1.29, 1.82) is 0 Å². The zero-order valence-corrected chi connectivity index (χ0v) is 17.3. The number of alkyl halides is 3. The van der Waals surface area contributed by atoms with Crippen LogP contribution in [-0.4, -0.2) is 18.9 Å². The van der Waals surface area contributed by atoms with Crippen LogP contribution in [0.25, 0.3) is 0 Å². The molecule has 3 aromatic rings. The van der Waals surface area contributed by atoms with Gasteiger partial charge in [0.05, 0.1) is 0 Å². The lowest BCUT2D eigenvalue weighted by Crippen LogP contribution is -2.31. The van der Waals surface area contributed by atoms with E-state index in [0.717, 1.165) is 29.8 Å². The van der Waals surface area contributed by atoms with Crippen molar-refractivity contribution in [3.63, 3.8) is 0 Å². The van der Waals surface area contributed by atoms with Gasteiger partial charge in [0.2, 0.25) is 0 Å². The first-order valence-corrected chi connectivity index (χ1v) is 10.2. The first kappa shape index (κ1) is 21.5. The maximum atomic E-state index is 12.7. The van der Waals surface area contributed by atoms with Crippen molar-refractivity contribution in [3.8, 4) is 5.75 Å². The van der Waals surface area contributed by atoms with Crippen LogP contribution < -0.4 is 20.7 Å². The number of benzene rings is 3. The molecule has 5 nitrogen and oxygen atoms in total. The summed E-state index contributed by atoms with van der Waals surface area (Å²) in [6.45, 7) is 2.83. The van der Waals surface area contributed by atoms with Gasteiger partial charge in [-0.15, -0.1) is 13.2 Å². The fourth-order valence-corrected chi connectivity index (χ4v) is 4.18. The Kier molecular flexibility index (Phi) is 5.69. The number of fused-ring (bicyclic) bond motifs is 1. The van der Waals surface area contributed by atoms with Crippen LogP contribution in [0.2, 0.25) is 0 Å². The third-order valence-electron chi connectivity index (χ3n) is 5.66. The van der Waals surface area contributed by atoms with Gasteiger partial charge in [-0.25, -0.2) is 4.79 Å². The maximum Gasteiger partial charge on any atom is 0.573 e. The topological polar surface area (TPSA) is 62.4 Å². The molecule has 1 atom stereocenters. The standard InChI is InChI=1S/C24H22F3N3O2/c1-2-23(15-28-20-9-5-3-7-18(20)23)19-8-4-6-10-21(19)30-22(31)29-16-11-13-17(14-12-16)32-24(25,26)27/h3-14,28H,2,15H2,1H3,(H2,29,30,31). The number of hydrogen-bond acceptors (Lipinski definition) is 3. The predicted octanol–water partition coefficient (Wildman–Crippen LogP) is 6.35. The molecule has 2 amide bonds. The van der Waals surface area contributed by atoms with E-state index in [1.165, 1.54) is 17.7 Å². The number of anilines is 3. The molecule has 0 bridgehead atoms. The summed E-state index contributed by atoms with van der Waals surface area (Å²) in [6.07, 6.45) is -3.93. The Morgan fingerprint density at radius 3 is 2.31 bits per heavy atom. The van der Waals surface area contributed by atoms with Crippen molar-refractivity contribution in [2.45, 2.75) is 25.1 Å². The van der Waals surface area contributed by atoms with Crippen molar-refractivity contribution in [2.24, 2.45) is 0 Å². The quantitative estimate of drug-likeness (QED) is 0.432. The molecule has 1 aliphatic heterocycles. The molecule has 0 saturated heterocycles. The van der Waals surface area contributed by atoms with Crippen LogP contribution in [0.15, 0.2) is 72.8 Å². The fraction of sp³-hybridized carbons (Fsp3) is 0.208. The number of nitrogens with one attached hydrogen (secondary N) is 3. The maximum absolute atomic E-state index is 12.7. The Morgan fingerprint density at radius 2 is 1.62 bits per heavy atom. The number of ether oxygens (including phenoxy) is 1. The highest BCUT2D eigenvalue weighted by molar-refractivity contribution is 6.00. The van der Waals surface area contributed by atoms with Crippen LogP contribution in [0.5, 0.6) is 5.75 Å². The minimum Gasteiger partial charge on any atom is -0.406 e. The zero-order valence-electron chi connectivity index (χ0n) is 17.3. The molecule has 3 aromatic carbocycles. The zero-order chi connectivity index (χ0) is 22.8. The van der Waals surface area contributed by atoms with Crippen LogP contribution in [0.3, 0.4) is 0 Å². The van der Waals surface area contributed by atoms with E-state index >= 15 is 0 Å². The number of amides is 2. The molecule has 4 rings (SSSR count). The number of urea groups is 1. The molecule has 0 saturated carbocycles. The Morgan fingerprint density at radius 1 is 0.969 bits per heavy atom. The summed E-state index contributed by atoms with van der Waals surface area (Å²) in [5.74, 6) is -0.355. The molecular formula is C24H22F3N3O2. The normalized spacial score (nSPS) is 17.2. The molecule has 166 valence electrons. The summed E-state index contributed by atoms with van der Waals surface area (Å²) < 4.78 is 40.8. The number of rotatable bonds is 5. The van der Waals surface area contributed by atoms with Gasteiger partial charge < -0.3 is 20.7 Å². The number of para-hydroxylation sites is 2. The second kappa shape index (κ2) is 8.45. The number of hydrogen-bond donors (Lipinski definition) is 3. The van der Waals surface area contributed by atoms with Crippen molar-refractivity contribution >= 4 is 23.1 Å². The largest absolute Gasteiger partial charge is 0.573 e. The minimum absolute atomic E-state index is 0.295. The van der Waals surface area contributed by atoms with Crippen LogP contribution in [0.4, 0.5) is 35.0 Å². The number of carbonyl (C=O) groups excluding carboxylic acids is 1. The van der Waals surface area contributed by atoms with Gasteiger partial charge in [0.1, 0.15) is 5.75 Å². The average Bonchev–Trinajstić information content (AvgIpc) is 3.14. The highest BCUT2D eigenvalue weighted by Crippen LogP contribution is 2.46. The third-order valence-corrected chi connectivity index (χ3v) is 5.66. The lowest BCUT2D eigenvalue weighted by Gasteiger charge is -2.31. The van der Waals surface area contributed by atoms with E-state index in [-0.39, 0.29) is 11.2 Å². The fourth-order valence-electron chi connectivity index (χ4n) is 4.18. The van der Waals surface area contributed by atoms with Crippen molar-refractivity contribution in [3.05, 3.63) is 83.9 Å². The van der Waals surface area contributed by atoms with E-state index in [2.05, 4.69) is 33.7 Å². The smallest absolute Gasteiger partial charge is 0.406 e. The highest BCUT2D eigenvalue weighted by Gasteiger charge is 2.40. The molecule has 3 N–H and O–H groups in total. The SMILES string of the molecule is CCC1(c2ccccc2NC(=O)Nc2ccc(OC(F)(F)F)cc2)CNc2ccccc21. The minimum atomic E-state index is -4.76. The molecule has 0 fully saturated rings. The van der Waals surface area contributed by atoms with E-state index in [9.17, 15) is 18.0 Å². The molecule has 1 aliphatic rings. The van der Waals surface area contributed by atoms with Crippen molar-refractivity contribution < 1.29 is 22.7 Å². The molecule has 0 radical (unpaired) electrons. The molecule has 32 heavy (non-hydrogen) atoms. The molecule has 8 heteroatoms. The molecular weight excluding hydrogens is 419 g/mol. The number of halogens is 3. The Bertz CT molecular complexity index is 1120. The third kappa shape index (κ3) is 4.34. The van der Waals surface area contributed by atoms with Gasteiger partial charge in [0.25, 0.3) is 0 Å². The summed E-state index contributed by atoms with van der Waals surface area (Å²) in [6, 6.07) is 20.2. The average molecular weight is 441 g/mol. The Balaban J connectivity index is 1.53. The predicted molar refractivity (Wildman–Crippen MR) is 118 cm³/mol. The van der Waals surface area contributed by atoms with Crippen LogP contribution in [0.1, 0.15) is 24.5 Å². The van der Waals surface area contributed by atoms with Gasteiger partial charge in [0.15, 0.2) is 0 Å². The molecule has 0 aliphatic carbocycles.